The van der Waals surface area contributed by atoms with Crippen molar-refractivity contribution in [3.63, 3.8) is 0 Å². The largest absolute Gasteiger partial charge is 0.312 e. The van der Waals surface area contributed by atoms with E-state index in [9.17, 15) is 9.59 Å². The summed E-state index contributed by atoms with van der Waals surface area (Å²) in [6, 6.07) is 15.6. The first-order valence-electron chi connectivity index (χ1n) is 8.55. The Morgan fingerprint density at radius 3 is 2.16 bits per heavy atom. The molecule has 2 amide bonds. The second-order valence-electron chi connectivity index (χ2n) is 6.65. The minimum absolute atomic E-state index is 0.350. The number of nitrogens with zero attached hydrogens (tertiary/aromatic N) is 2. The van der Waals surface area contributed by atoms with Gasteiger partial charge in [0.15, 0.2) is 6.04 Å². The molecule has 0 unspecified atom stereocenters. The van der Waals surface area contributed by atoms with E-state index in [0.29, 0.717) is 23.8 Å². The van der Waals surface area contributed by atoms with Crippen molar-refractivity contribution in [1.29, 1.82) is 0 Å². The highest BCUT2D eigenvalue weighted by atomic mass is 16.2. The number of amides is 2. The summed E-state index contributed by atoms with van der Waals surface area (Å²) < 4.78 is 0. The first-order chi connectivity index (χ1) is 12.0. The van der Waals surface area contributed by atoms with Crippen LogP contribution in [0.3, 0.4) is 0 Å². The highest BCUT2D eigenvalue weighted by Crippen LogP contribution is 2.37. The molecule has 0 aliphatic carbocycles. The molecule has 1 aliphatic rings. The molecule has 1 aliphatic heterocycles. The van der Waals surface area contributed by atoms with Crippen LogP contribution >= 0.6 is 0 Å². The smallest absolute Gasteiger partial charge is 0.258 e. The zero-order valence-corrected chi connectivity index (χ0v) is 14.6. The van der Waals surface area contributed by atoms with Gasteiger partial charge < -0.3 is 10.6 Å². The van der Waals surface area contributed by atoms with Gasteiger partial charge >= 0.3 is 0 Å². The molecule has 0 saturated carbocycles. The predicted molar refractivity (Wildman–Crippen MR) is 99.8 cm³/mol. The summed E-state index contributed by atoms with van der Waals surface area (Å²) in [5.41, 5.74) is 8.15. The molecule has 0 saturated heterocycles. The lowest BCUT2D eigenvalue weighted by atomic mass is 10.1. The van der Waals surface area contributed by atoms with Crippen molar-refractivity contribution in [2.24, 2.45) is 11.7 Å². The van der Waals surface area contributed by atoms with E-state index < -0.39 is 11.9 Å². The molecule has 2 aromatic rings. The highest BCUT2D eigenvalue weighted by Gasteiger charge is 2.38. The fraction of sp³-hybridized carbons (Fsp3) is 0.300. The van der Waals surface area contributed by atoms with Crippen LogP contribution < -0.4 is 15.5 Å². The van der Waals surface area contributed by atoms with Gasteiger partial charge in [-0.25, -0.2) is 0 Å². The maximum Gasteiger partial charge on any atom is 0.258 e. The molecule has 1 atom stereocenters. The second kappa shape index (κ2) is 7.07. The van der Waals surface area contributed by atoms with E-state index in [1.54, 1.807) is 9.80 Å². The van der Waals surface area contributed by atoms with E-state index in [1.807, 2.05) is 54.6 Å². The number of para-hydroxylation sites is 3. The minimum atomic E-state index is -1.21. The topological polar surface area (TPSA) is 66.6 Å². The van der Waals surface area contributed by atoms with Crippen LogP contribution in [0, 0.1) is 5.92 Å². The van der Waals surface area contributed by atoms with E-state index in [1.165, 1.54) is 0 Å². The SMILES string of the molecule is CC(C)CCN1C(=O)[C@H](N)C(=O)N(c2ccccc2)c2ccccc21. The van der Waals surface area contributed by atoms with Crippen LogP contribution in [-0.2, 0) is 9.59 Å². The lowest BCUT2D eigenvalue weighted by Crippen LogP contribution is -2.50. The Morgan fingerprint density at radius 2 is 1.52 bits per heavy atom. The number of hydrogen-bond acceptors (Lipinski definition) is 3. The van der Waals surface area contributed by atoms with Crippen molar-refractivity contribution in [2.75, 3.05) is 16.3 Å². The van der Waals surface area contributed by atoms with Crippen LogP contribution in [0.5, 0.6) is 0 Å². The summed E-state index contributed by atoms with van der Waals surface area (Å²) in [6.07, 6.45) is 0.840. The zero-order chi connectivity index (χ0) is 18.0. The standard InChI is InChI=1S/C20H23N3O2/c1-14(2)12-13-22-16-10-6-7-11-17(16)23(15-8-4-3-5-9-15)20(25)18(21)19(22)24/h3-11,14,18H,12-13,21H2,1-2H3/t18-/m0/s1. The van der Waals surface area contributed by atoms with E-state index >= 15 is 0 Å². The van der Waals surface area contributed by atoms with Gasteiger partial charge in [0.1, 0.15) is 0 Å². The maximum absolute atomic E-state index is 13.0. The number of rotatable bonds is 4. The van der Waals surface area contributed by atoms with Gasteiger partial charge in [-0.05, 0) is 36.6 Å². The molecule has 5 heteroatoms. The number of hydrogen-bond donors (Lipinski definition) is 1. The molecule has 0 bridgehead atoms. The number of fused-ring (bicyclic) bond motifs is 1. The first-order valence-corrected chi connectivity index (χ1v) is 8.55. The Hall–Kier alpha value is -2.66. The van der Waals surface area contributed by atoms with E-state index in [-0.39, 0.29) is 5.91 Å². The summed E-state index contributed by atoms with van der Waals surface area (Å²) >= 11 is 0. The number of carbonyl (C=O) groups excluding carboxylic acids is 2. The third-order valence-corrected chi connectivity index (χ3v) is 4.38. The Kier molecular flexibility index (Phi) is 4.86. The van der Waals surface area contributed by atoms with E-state index in [2.05, 4.69) is 13.8 Å². The number of carbonyl (C=O) groups is 2. The van der Waals surface area contributed by atoms with Crippen molar-refractivity contribution in [2.45, 2.75) is 26.3 Å². The first kappa shape index (κ1) is 17.2. The summed E-state index contributed by atoms with van der Waals surface area (Å²) in [5.74, 6) is -0.312. The third-order valence-electron chi connectivity index (χ3n) is 4.38. The second-order valence-corrected chi connectivity index (χ2v) is 6.65. The van der Waals surface area contributed by atoms with Gasteiger partial charge in [-0.3, -0.25) is 14.5 Å². The molecule has 25 heavy (non-hydrogen) atoms. The normalized spacial score (nSPS) is 17.7. The predicted octanol–water partition coefficient (Wildman–Crippen LogP) is 3.07. The molecule has 0 spiro atoms. The minimum Gasteiger partial charge on any atom is -0.312 e. The molecular weight excluding hydrogens is 314 g/mol. The molecule has 0 aromatic heterocycles. The lowest BCUT2D eigenvalue weighted by Gasteiger charge is -2.26. The number of benzene rings is 2. The van der Waals surface area contributed by atoms with Crippen LogP contribution in [-0.4, -0.2) is 24.4 Å². The van der Waals surface area contributed by atoms with Gasteiger partial charge in [-0.2, -0.15) is 0 Å². The third kappa shape index (κ3) is 3.28. The van der Waals surface area contributed by atoms with Gasteiger partial charge in [0.2, 0.25) is 0 Å². The summed E-state index contributed by atoms with van der Waals surface area (Å²) in [5, 5.41) is 0. The van der Waals surface area contributed by atoms with Gasteiger partial charge in [-0.15, -0.1) is 0 Å². The zero-order valence-electron chi connectivity index (χ0n) is 14.6. The highest BCUT2D eigenvalue weighted by molar-refractivity contribution is 6.22. The van der Waals surface area contributed by atoms with Crippen molar-refractivity contribution in [3.8, 4) is 0 Å². The molecule has 130 valence electrons. The van der Waals surface area contributed by atoms with Crippen LogP contribution in [0.25, 0.3) is 0 Å². The molecule has 2 aromatic carbocycles. The van der Waals surface area contributed by atoms with Gasteiger partial charge in [0, 0.05) is 12.2 Å². The average Bonchev–Trinajstić information content (AvgIpc) is 2.69. The van der Waals surface area contributed by atoms with Crippen molar-refractivity contribution in [3.05, 3.63) is 54.6 Å². The van der Waals surface area contributed by atoms with Crippen molar-refractivity contribution < 1.29 is 9.59 Å². The monoisotopic (exact) mass is 337 g/mol. The quantitative estimate of drug-likeness (QED) is 0.872. The Bertz CT molecular complexity index is 774. The fourth-order valence-electron chi connectivity index (χ4n) is 2.99. The lowest BCUT2D eigenvalue weighted by molar-refractivity contribution is -0.127. The van der Waals surface area contributed by atoms with E-state index in [4.69, 9.17) is 5.73 Å². The Labute approximate surface area is 148 Å². The number of nitrogens with two attached hydrogens (primary N) is 1. The summed E-state index contributed by atoms with van der Waals surface area (Å²) in [6.45, 7) is 4.75. The molecule has 0 fully saturated rings. The molecule has 2 N–H and O–H groups in total. The molecule has 3 rings (SSSR count). The summed E-state index contributed by atoms with van der Waals surface area (Å²) in [4.78, 5) is 29.0. The van der Waals surface area contributed by atoms with E-state index in [0.717, 1.165) is 12.1 Å². The number of anilines is 3. The molecule has 1 heterocycles. The van der Waals surface area contributed by atoms with Crippen LogP contribution in [0.15, 0.2) is 54.6 Å². The maximum atomic E-state index is 13.0. The van der Waals surface area contributed by atoms with Crippen molar-refractivity contribution in [1.82, 2.24) is 0 Å². The van der Waals surface area contributed by atoms with Crippen molar-refractivity contribution >= 4 is 28.9 Å². The molecular formula is C20H23N3O2. The Morgan fingerprint density at radius 1 is 0.920 bits per heavy atom. The molecule has 5 nitrogen and oxygen atoms in total. The molecule has 0 radical (unpaired) electrons. The van der Waals surface area contributed by atoms with Crippen LogP contribution in [0.2, 0.25) is 0 Å². The average molecular weight is 337 g/mol. The van der Waals surface area contributed by atoms with Gasteiger partial charge in [0.25, 0.3) is 11.8 Å². The van der Waals surface area contributed by atoms with Crippen LogP contribution in [0.4, 0.5) is 17.1 Å². The Balaban J connectivity index is 2.13. The summed E-state index contributed by atoms with van der Waals surface area (Å²) in [7, 11) is 0. The van der Waals surface area contributed by atoms with Gasteiger partial charge in [0.05, 0.1) is 11.4 Å². The van der Waals surface area contributed by atoms with Crippen LogP contribution in [0.1, 0.15) is 20.3 Å². The fourth-order valence-corrected chi connectivity index (χ4v) is 2.99. The van der Waals surface area contributed by atoms with Gasteiger partial charge in [-0.1, -0.05) is 44.2 Å².